The summed E-state index contributed by atoms with van der Waals surface area (Å²) in [5.74, 6) is 0.831. The number of rotatable bonds is 6. The van der Waals surface area contributed by atoms with Crippen molar-refractivity contribution in [3.63, 3.8) is 0 Å². The number of tetrazole rings is 1. The fourth-order valence-electron chi connectivity index (χ4n) is 2.14. The number of aryl methyl sites for hydroxylation is 1. The molecular weight excluding hydrogens is 326 g/mol. The highest BCUT2D eigenvalue weighted by Gasteiger charge is 2.14. The molecule has 124 valence electrons. The van der Waals surface area contributed by atoms with Gasteiger partial charge in [0.1, 0.15) is 5.76 Å². The second-order valence-corrected chi connectivity index (χ2v) is 6.24. The highest BCUT2D eigenvalue weighted by Crippen LogP contribution is 2.19. The third-order valence-corrected chi connectivity index (χ3v) is 4.32. The van der Waals surface area contributed by atoms with Gasteiger partial charge in [0.2, 0.25) is 11.1 Å². The van der Waals surface area contributed by atoms with Gasteiger partial charge in [-0.3, -0.25) is 4.79 Å². The number of nitrogens with one attached hydrogen (secondary N) is 1. The highest BCUT2D eigenvalue weighted by atomic mass is 32.2. The molecule has 0 unspecified atom stereocenters. The second-order valence-electron chi connectivity index (χ2n) is 5.30. The molecular formula is C16H17N5O2S. The van der Waals surface area contributed by atoms with Crippen LogP contribution in [0.4, 0.5) is 0 Å². The Morgan fingerprint density at radius 2 is 2.12 bits per heavy atom. The Kier molecular flexibility index (Phi) is 4.95. The first-order valence-electron chi connectivity index (χ1n) is 7.44. The van der Waals surface area contributed by atoms with E-state index in [1.807, 2.05) is 44.2 Å². The van der Waals surface area contributed by atoms with Crippen molar-refractivity contribution in [3.05, 3.63) is 54.0 Å². The van der Waals surface area contributed by atoms with Gasteiger partial charge in [0.15, 0.2) is 0 Å². The maximum atomic E-state index is 12.1. The van der Waals surface area contributed by atoms with Gasteiger partial charge < -0.3 is 9.73 Å². The lowest BCUT2D eigenvalue weighted by Gasteiger charge is -2.11. The molecule has 8 heteroatoms. The van der Waals surface area contributed by atoms with Crippen LogP contribution in [0.15, 0.2) is 52.2 Å². The predicted octanol–water partition coefficient (Wildman–Crippen LogP) is 2.53. The van der Waals surface area contributed by atoms with E-state index < -0.39 is 0 Å². The van der Waals surface area contributed by atoms with Gasteiger partial charge in [-0.1, -0.05) is 29.5 Å². The van der Waals surface area contributed by atoms with Gasteiger partial charge in [-0.25, -0.2) is 0 Å². The van der Waals surface area contributed by atoms with E-state index in [4.69, 9.17) is 4.42 Å². The number of hydrogen-bond acceptors (Lipinski definition) is 6. The monoisotopic (exact) mass is 343 g/mol. The summed E-state index contributed by atoms with van der Waals surface area (Å²) in [5.41, 5.74) is 2.02. The summed E-state index contributed by atoms with van der Waals surface area (Å²) in [6.45, 7) is 3.89. The van der Waals surface area contributed by atoms with Crippen molar-refractivity contribution in [1.82, 2.24) is 25.5 Å². The lowest BCUT2D eigenvalue weighted by atomic mass is 10.2. The van der Waals surface area contributed by atoms with Crippen molar-refractivity contribution in [2.75, 3.05) is 5.75 Å². The molecule has 0 bridgehead atoms. The number of furan rings is 1. The average Bonchev–Trinajstić information content (AvgIpc) is 3.25. The van der Waals surface area contributed by atoms with E-state index in [0.29, 0.717) is 5.16 Å². The lowest BCUT2D eigenvalue weighted by Crippen LogP contribution is -2.28. The minimum absolute atomic E-state index is 0.109. The van der Waals surface area contributed by atoms with Gasteiger partial charge in [0.05, 0.1) is 23.7 Å². The quantitative estimate of drug-likeness (QED) is 0.692. The molecule has 3 aromatic rings. The van der Waals surface area contributed by atoms with Crippen LogP contribution in [0.5, 0.6) is 0 Å². The first-order chi connectivity index (χ1) is 11.6. The van der Waals surface area contributed by atoms with Crippen LogP contribution in [0.3, 0.4) is 0 Å². The van der Waals surface area contributed by atoms with E-state index in [-0.39, 0.29) is 17.7 Å². The average molecular weight is 343 g/mol. The second kappa shape index (κ2) is 7.31. The Hall–Kier alpha value is -2.61. The topological polar surface area (TPSA) is 85.8 Å². The van der Waals surface area contributed by atoms with E-state index in [2.05, 4.69) is 20.8 Å². The van der Waals surface area contributed by atoms with Crippen LogP contribution in [-0.4, -0.2) is 31.9 Å². The van der Waals surface area contributed by atoms with Gasteiger partial charge in [0.25, 0.3) is 0 Å². The molecule has 1 amide bonds. The van der Waals surface area contributed by atoms with Crippen LogP contribution >= 0.6 is 11.8 Å². The molecule has 2 heterocycles. The van der Waals surface area contributed by atoms with Gasteiger partial charge in [-0.15, -0.1) is 5.10 Å². The number of hydrogen-bond donors (Lipinski definition) is 1. The van der Waals surface area contributed by atoms with Crippen LogP contribution in [0.25, 0.3) is 5.69 Å². The summed E-state index contributed by atoms with van der Waals surface area (Å²) in [5, 5.41) is 15.1. The zero-order valence-electron chi connectivity index (χ0n) is 13.3. The van der Waals surface area contributed by atoms with Crippen molar-refractivity contribution in [2.24, 2.45) is 0 Å². The molecule has 0 aliphatic heterocycles. The molecule has 0 fully saturated rings. The third-order valence-electron chi connectivity index (χ3n) is 3.40. The Labute approximate surface area is 143 Å². The summed E-state index contributed by atoms with van der Waals surface area (Å²) in [6, 6.07) is 11.3. The number of nitrogens with zero attached hydrogens (tertiary/aromatic N) is 4. The molecule has 2 aromatic heterocycles. The molecule has 3 rings (SSSR count). The van der Waals surface area contributed by atoms with Crippen molar-refractivity contribution in [2.45, 2.75) is 25.0 Å². The molecule has 0 aliphatic carbocycles. The first kappa shape index (κ1) is 16.3. The standard InChI is InChI=1S/C16H17N5O2S/c1-11-5-7-13(8-6-11)21-16(18-19-20-21)24-10-15(22)17-12(2)14-4-3-9-23-14/h3-9,12H,10H2,1-2H3,(H,17,22)/t12-/m1/s1. The molecule has 0 saturated carbocycles. The van der Waals surface area contributed by atoms with E-state index >= 15 is 0 Å². The van der Waals surface area contributed by atoms with Crippen LogP contribution in [0.1, 0.15) is 24.3 Å². The van der Waals surface area contributed by atoms with Crippen LogP contribution in [0, 0.1) is 6.92 Å². The molecule has 0 spiro atoms. The van der Waals surface area contributed by atoms with Gasteiger partial charge >= 0.3 is 0 Å². The number of carbonyl (C=O) groups excluding carboxylic acids is 1. The highest BCUT2D eigenvalue weighted by molar-refractivity contribution is 7.99. The molecule has 0 aliphatic rings. The zero-order valence-corrected chi connectivity index (χ0v) is 14.2. The van der Waals surface area contributed by atoms with Crippen LogP contribution in [-0.2, 0) is 4.79 Å². The Bertz CT molecular complexity index is 798. The summed E-state index contributed by atoms with van der Waals surface area (Å²) in [4.78, 5) is 12.1. The van der Waals surface area contributed by atoms with E-state index in [9.17, 15) is 4.79 Å². The fraction of sp³-hybridized carbons (Fsp3) is 0.250. The summed E-state index contributed by atoms with van der Waals surface area (Å²) < 4.78 is 6.89. The summed E-state index contributed by atoms with van der Waals surface area (Å²) >= 11 is 1.28. The number of thioether (sulfide) groups is 1. The predicted molar refractivity (Wildman–Crippen MR) is 89.9 cm³/mol. The van der Waals surface area contributed by atoms with Crippen LogP contribution < -0.4 is 5.32 Å². The largest absolute Gasteiger partial charge is 0.467 e. The number of amides is 1. The molecule has 1 aromatic carbocycles. The van der Waals surface area contributed by atoms with Crippen LogP contribution in [0.2, 0.25) is 0 Å². The van der Waals surface area contributed by atoms with E-state index in [1.54, 1.807) is 17.0 Å². The number of aromatic nitrogens is 4. The lowest BCUT2D eigenvalue weighted by molar-refractivity contribution is -0.119. The van der Waals surface area contributed by atoms with Crippen molar-refractivity contribution in [1.29, 1.82) is 0 Å². The Morgan fingerprint density at radius 1 is 1.33 bits per heavy atom. The minimum atomic E-state index is -0.179. The minimum Gasteiger partial charge on any atom is -0.467 e. The molecule has 1 atom stereocenters. The molecule has 7 nitrogen and oxygen atoms in total. The van der Waals surface area contributed by atoms with Crippen molar-refractivity contribution >= 4 is 17.7 Å². The number of benzene rings is 1. The molecule has 24 heavy (non-hydrogen) atoms. The van der Waals surface area contributed by atoms with E-state index in [1.165, 1.54) is 11.8 Å². The third kappa shape index (κ3) is 3.83. The van der Waals surface area contributed by atoms with Crippen molar-refractivity contribution in [3.8, 4) is 5.69 Å². The molecule has 0 saturated heterocycles. The Morgan fingerprint density at radius 3 is 2.83 bits per heavy atom. The maximum Gasteiger partial charge on any atom is 0.231 e. The zero-order chi connectivity index (χ0) is 16.9. The van der Waals surface area contributed by atoms with Gasteiger partial charge in [-0.2, -0.15) is 4.68 Å². The normalized spacial score (nSPS) is 12.1. The van der Waals surface area contributed by atoms with Gasteiger partial charge in [0, 0.05) is 0 Å². The maximum absolute atomic E-state index is 12.1. The smallest absolute Gasteiger partial charge is 0.231 e. The fourth-order valence-corrected chi connectivity index (χ4v) is 2.84. The number of carbonyl (C=O) groups is 1. The first-order valence-corrected chi connectivity index (χ1v) is 8.43. The summed E-state index contributed by atoms with van der Waals surface area (Å²) in [7, 11) is 0. The van der Waals surface area contributed by atoms with Gasteiger partial charge in [-0.05, 0) is 48.5 Å². The Balaban J connectivity index is 1.60. The van der Waals surface area contributed by atoms with Crippen molar-refractivity contribution < 1.29 is 9.21 Å². The SMILES string of the molecule is Cc1ccc(-n2nnnc2SCC(=O)N[C@H](C)c2ccco2)cc1. The van der Waals surface area contributed by atoms with E-state index in [0.717, 1.165) is 17.0 Å². The molecule has 1 N–H and O–H groups in total. The summed E-state index contributed by atoms with van der Waals surface area (Å²) in [6.07, 6.45) is 1.59. The molecule has 0 radical (unpaired) electrons.